The molecule has 0 aliphatic heterocycles. The van der Waals surface area contributed by atoms with Crippen LogP contribution in [0.5, 0.6) is 5.75 Å². The van der Waals surface area contributed by atoms with Crippen LogP contribution in [-0.2, 0) is 15.1 Å². The lowest BCUT2D eigenvalue weighted by molar-refractivity contribution is -0.142. The molecule has 5 heteroatoms. The number of aliphatic hydroxyl groups is 1. The van der Waals surface area contributed by atoms with Crippen molar-refractivity contribution in [2.75, 3.05) is 20.3 Å². The Hall–Kier alpha value is -1.59. The third-order valence-corrected chi connectivity index (χ3v) is 4.97. The molecule has 5 nitrogen and oxygen atoms in total. The highest BCUT2D eigenvalue weighted by Crippen LogP contribution is 2.47. The van der Waals surface area contributed by atoms with Gasteiger partial charge in [0.25, 0.3) is 0 Å². The maximum absolute atomic E-state index is 11.0. The molecular weight excluding hydrogens is 296 g/mol. The SMILES string of the molecule is COc1cccc(C2(O)CCC(C)(CCOCC(=O)O)CC2)c1. The number of carboxylic acid groups (broad SMARTS) is 1. The zero-order chi connectivity index (χ0) is 16.9. The fraction of sp³-hybridized carbons (Fsp3) is 0.611. The molecule has 1 aliphatic rings. The van der Waals surface area contributed by atoms with Gasteiger partial charge in [-0.05, 0) is 55.2 Å². The summed E-state index contributed by atoms with van der Waals surface area (Å²) in [5.41, 5.74) is 0.181. The van der Waals surface area contributed by atoms with Gasteiger partial charge in [0.2, 0.25) is 0 Å². The number of aliphatic carboxylic acids is 1. The summed E-state index contributed by atoms with van der Waals surface area (Å²) < 4.78 is 10.4. The monoisotopic (exact) mass is 322 g/mol. The van der Waals surface area contributed by atoms with Crippen LogP contribution < -0.4 is 4.74 Å². The summed E-state index contributed by atoms with van der Waals surface area (Å²) in [6.45, 7) is 2.38. The predicted octanol–water partition coefficient (Wildman–Crippen LogP) is 2.95. The maximum Gasteiger partial charge on any atom is 0.329 e. The van der Waals surface area contributed by atoms with Crippen molar-refractivity contribution in [3.63, 3.8) is 0 Å². The van der Waals surface area contributed by atoms with E-state index in [-0.39, 0.29) is 12.0 Å². The van der Waals surface area contributed by atoms with Crippen LogP contribution in [0.25, 0.3) is 0 Å². The minimum absolute atomic E-state index is 0.0869. The lowest BCUT2D eigenvalue weighted by Gasteiger charge is -2.42. The van der Waals surface area contributed by atoms with Crippen molar-refractivity contribution >= 4 is 5.97 Å². The van der Waals surface area contributed by atoms with Crippen LogP contribution in [0.15, 0.2) is 24.3 Å². The molecule has 1 aromatic rings. The lowest BCUT2D eigenvalue weighted by atomic mass is 9.66. The Morgan fingerprint density at radius 1 is 1.26 bits per heavy atom. The molecule has 0 saturated heterocycles. The van der Waals surface area contributed by atoms with Gasteiger partial charge in [0.05, 0.1) is 12.7 Å². The minimum Gasteiger partial charge on any atom is -0.497 e. The maximum atomic E-state index is 11.0. The smallest absolute Gasteiger partial charge is 0.329 e. The van der Waals surface area contributed by atoms with Crippen molar-refractivity contribution in [1.29, 1.82) is 0 Å². The first kappa shape index (κ1) is 17.8. The van der Waals surface area contributed by atoms with Crippen molar-refractivity contribution in [3.8, 4) is 5.75 Å². The van der Waals surface area contributed by atoms with Crippen LogP contribution in [-0.4, -0.2) is 36.5 Å². The average Bonchev–Trinajstić information content (AvgIpc) is 2.55. The molecule has 0 bridgehead atoms. The van der Waals surface area contributed by atoms with E-state index in [1.807, 2.05) is 24.3 Å². The highest BCUT2D eigenvalue weighted by molar-refractivity contribution is 5.67. The molecule has 0 unspecified atom stereocenters. The zero-order valence-electron chi connectivity index (χ0n) is 13.9. The minimum atomic E-state index is -0.939. The van der Waals surface area contributed by atoms with E-state index in [4.69, 9.17) is 14.6 Å². The van der Waals surface area contributed by atoms with Gasteiger partial charge in [0.15, 0.2) is 0 Å². The number of benzene rings is 1. The highest BCUT2D eigenvalue weighted by atomic mass is 16.5. The normalized spacial score (nSPS) is 27.6. The molecule has 1 fully saturated rings. The first-order chi connectivity index (χ1) is 10.9. The summed E-state index contributed by atoms with van der Waals surface area (Å²) >= 11 is 0. The standard InChI is InChI=1S/C18H26O5/c1-17(10-11-23-13-16(19)20)6-8-18(21,9-7-17)14-4-3-5-15(12-14)22-2/h3-5,12,21H,6-11,13H2,1-2H3,(H,19,20). The van der Waals surface area contributed by atoms with Crippen molar-refractivity contribution in [1.82, 2.24) is 0 Å². The summed E-state index contributed by atoms with van der Waals surface area (Å²) in [5.74, 6) is -0.183. The van der Waals surface area contributed by atoms with Gasteiger partial charge in [-0.15, -0.1) is 0 Å². The molecule has 1 aromatic carbocycles. The van der Waals surface area contributed by atoms with Crippen LogP contribution in [0.4, 0.5) is 0 Å². The van der Waals surface area contributed by atoms with E-state index in [1.54, 1.807) is 7.11 Å². The van der Waals surface area contributed by atoms with Crippen LogP contribution in [0.2, 0.25) is 0 Å². The summed E-state index contributed by atoms with van der Waals surface area (Å²) in [6, 6.07) is 7.62. The molecule has 0 amide bonds. The molecular formula is C18H26O5. The van der Waals surface area contributed by atoms with Gasteiger partial charge in [-0.3, -0.25) is 0 Å². The molecule has 1 aliphatic carbocycles. The Balaban J connectivity index is 1.92. The second-order valence-electron chi connectivity index (χ2n) is 6.77. The van der Waals surface area contributed by atoms with E-state index < -0.39 is 11.6 Å². The summed E-state index contributed by atoms with van der Waals surface area (Å²) in [5, 5.41) is 19.6. The van der Waals surface area contributed by atoms with Gasteiger partial charge < -0.3 is 19.7 Å². The number of hydrogen-bond donors (Lipinski definition) is 2. The number of ether oxygens (including phenoxy) is 2. The van der Waals surface area contributed by atoms with Gasteiger partial charge in [0, 0.05) is 6.61 Å². The van der Waals surface area contributed by atoms with E-state index in [2.05, 4.69) is 6.92 Å². The highest BCUT2D eigenvalue weighted by Gasteiger charge is 2.40. The largest absolute Gasteiger partial charge is 0.497 e. The van der Waals surface area contributed by atoms with Crippen LogP contribution in [0.3, 0.4) is 0 Å². The molecule has 2 N–H and O–H groups in total. The van der Waals surface area contributed by atoms with Crippen molar-refractivity contribution in [2.45, 2.75) is 44.6 Å². The quantitative estimate of drug-likeness (QED) is 0.755. The Labute approximate surface area is 137 Å². The van der Waals surface area contributed by atoms with E-state index in [9.17, 15) is 9.90 Å². The number of rotatable bonds is 7. The lowest BCUT2D eigenvalue weighted by Crippen LogP contribution is -2.36. The molecule has 128 valence electrons. The van der Waals surface area contributed by atoms with Crippen LogP contribution in [0, 0.1) is 5.41 Å². The Morgan fingerprint density at radius 3 is 2.57 bits per heavy atom. The number of methoxy groups -OCH3 is 1. The molecule has 1 saturated carbocycles. The number of carboxylic acids is 1. The molecule has 23 heavy (non-hydrogen) atoms. The van der Waals surface area contributed by atoms with E-state index >= 15 is 0 Å². The van der Waals surface area contributed by atoms with Crippen molar-refractivity contribution in [3.05, 3.63) is 29.8 Å². The van der Waals surface area contributed by atoms with Gasteiger partial charge in [-0.25, -0.2) is 4.79 Å². The molecule has 0 aromatic heterocycles. The Bertz CT molecular complexity index is 532. The van der Waals surface area contributed by atoms with Crippen molar-refractivity contribution in [2.24, 2.45) is 5.41 Å². The molecule has 0 atom stereocenters. The molecule has 0 radical (unpaired) electrons. The van der Waals surface area contributed by atoms with Crippen LogP contribution >= 0.6 is 0 Å². The number of carbonyl (C=O) groups is 1. The Kier molecular flexibility index (Phi) is 5.65. The first-order valence-electron chi connectivity index (χ1n) is 8.03. The summed E-state index contributed by atoms with van der Waals surface area (Å²) in [7, 11) is 1.62. The fourth-order valence-electron chi connectivity index (χ4n) is 3.20. The Morgan fingerprint density at radius 2 is 1.96 bits per heavy atom. The predicted molar refractivity (Wildman–Crippen MR) is 86.5 cm³/mol. The van der Waals surface area contributed by atoms with E-state index in [0.717, 1.165) is 30.6 Å². The van der Waals surface area contributed by atoms with Gasteiger partial charge >= 0.3 is 5.97 Å². The van der Waals surface area contributed by atoms with E-state index in [0.29, 0.717) is 19.4 Å². The topological polar surface area (TPSA) is 76.0 Å². The fourth-order valence-corrected chi connectivity index (χ4v) is 3.20. The van der Waals surface area contributed by atoms with Crippen LogP contribution in [0.1, 0.15) is 44.6 Å². The first-order valence-corrected chi connectivity index (χ1v) is 8.03. The summed E-state index contributed by atoms with van der Waals surface area (Å²) in [6.07, 6.45) is 3.97. The second kappa shape index (κ2) is 7.32. The molecule has 2 rings (SSSR count). The van der Waals surface area contributed by atoms with Gasteiger partial charge in [0.1, 0.15) is 12.4 Å². The molecule has 0 heterocycles. The second-order valence-corrected chi connectivity index (χ2v) is 6.77. The molecule has 0 spiro atoms. The van der Waals surface area contributed by atoms with Gasteiger partial charge in [-0.1, -0.05) is 19.1 Å². The van der Waals surface area contributed by atoms with Gasteiger partial charge in [-0.2, -0.15) is 0 Å². The third kappa shape index (κ3) is 4.69. The van der Waals surface area contributed by atoms with Crippen molar-refractivity contribution < 1.29 is 24.5 Å². The summed E-state index contributed by atoms with van der Waals surface area (Å²) in [4.78, 5) is 10.5. The average molecular weight is 322 g/mol. The van der Waals surface area contributed by atoms with E-state index in [1.165, 1.54) is 0 Å². The zero-order valence-corrected chi connectivity index (χ0v) is 13.9. The third-order valence-electron chi connectivity index (χ3n) is 4.97. The number of hydrogen-bond acceptors (Lipinski definition) is 4.